The van der Waals surface area contributed by atoms with Crippen molar-refractivity contribution >= 4 is 33.3 Å². The summed E-state index contributed by atoms with van der Waals surface area (Å²) in [6.45, 7) is 1.95. The highest BCUT2D eigenvalue weighted by molar-refractivity contribution is 7.93. The maximum absolute atomic E-state index is 12.9. The molecule has 0 bridgehead atoms. The summed E-state index contributed by atoms with van der Waals surface area (Å²) in [4.78, 5) is 11.2. The molecule has 0 saturated carbocycles. The molecule has 0 fully saturated rings. The minimum Gasteiger partial charge on any atom is -0.478 e. The van der Waals surface area contributed by atoms with Crippen molar-refractivity contribution in [2.75, 3.05) is 10.8 Å². The quantitative estimate of drug-likeness (QED) is 0.922. The molecule has 0 spiro atoms. The Kier molecular flexibility index (Phi) is 3.82. The Balaban J connectivity index is 2.08. The average Bonchev–Trinajstić information content (AvgIpc) is 2.93. The van der Waals surface area contributed by atoms with Crippen LogP contribution in [-0.2, 0) is 16.4 Å². The van der Waals surface area contributed by atoms with Gasteiger partial charge in [-0.05, 0) is 54.8 Å². The van der Waals surface area contributed by atoms with Crippen LogP contribution in [0.2, 0.25) is 5.02 Å². The molecule has 2 aromatic rings. The molecule has 1 aliphatic heterocycles. The summed E-state index contributed by atoms with van der Waals surface area (Å²) in [7, 11) is -3.74. The molecule has 23 heavy (non-hydrogen) atoms. The fourth-order valence-corrected chi connectivity index (χ4v) is 4.72. The fraction of sp³-hybridized carbons (Fsp3) is 0.188. The van der Waals surface area contributed by atoms with Gasteiger partial charge in [-0.3, -0.25) is 4.31 Å². The maximum atomic E-state index is 12.9. The number of hydrogen-bond acceptors (Lipinski definition) is 3. The highest BCUT2D eigenvalue weighted by atomic mass is 35.5. The summed E-state index contributed by atoms with van der Waals surface area (Å²) in [5.74, 6) is -1.03. The van der Waals surface area contributed by atoms with Crippen molar-refractivity contribution in [3.8, 4) is 0 Å². The predicted molar refractivity (Wildman–Crippen MR) is 87.8 cm³/mol. The predicted octanol–water partition coefficient (Wildman–Crippen LogP) is 3.10. The molecule has 1 heterocycles. The average molecular weight is 352 g/mol. The van der Waals surface area contributed by atoms with E-state index in [0.29, 0.717) is 28.3 Å². The Morgan fingerprint density at radius 2 is 2.00 bits per heavy atom. The van der Waals surface area contributed by atoms with Crippen molar-refractivity contribution in [3.05, 3.63) is 58.1 Å². The number of halogens is 1. The van der Waals surface area contributed by atoms with E-state index >= 15 is 0 Å². The van der Waals surface area contributed by atoms with Gasteiger partial charge in [-0.2, -0.15) is 0 Å². The van der Waals surface area contributed by atoms with E-state index in [2.05, 4.69) is 0 Å². The van der Waals surface area contributed by atoms with E-state index < -0.39 is 16.0 Å². The van der Waals surface area contributed by atoms with Crippen LogP contribution < -0.4 is 4.31 Å². The van der Waals surface area contributed by atoms with Gasteiger partial charge in [-0.1, -0.05) is 17.7 Å². The molecular weight excluding hydrogens is 338 g/mol. The van der Waals surface area contributed by atoms with Crippen molar-refractivity contribution in [2.24, 2.45) is 0 Å². The number of carbonyl (C=O) groups is 1. The molecule has 120 valence electrons. The molecule has 3 rings (SSSR count). The number of hydrogen-bond donors (Lipinski definition) is 1. The van der Waals surface area contributed by atoms with Gasteiger partial charge in [-0.15, -0.1) is 0 Å². The first-order valence-electron chi connectivity index (χ1n) is 6.96. The molecule has 5 nitrogen and oxygen atoms in total. The molecule has 0 radical (unpaired) electrons. The SMILES string of the molecule is Cc1c(Cl)cccc1S(=O)(=O)N1CCc2cc(C(=O)O)ccc21. The Morgan fingerprint density at radius 3 is 2.70 bits per heavy atom. The summed E-state index contributed by atoms with van der Waals surface area (Å²) >= 11 is 6.03. The van der Waals surface area contributed by atoms with Crippen LogP contribution in [0.15, 0.2) is 41.3 Å². The van der Waals surface area contributed by atoms with E-state index in [4.69, 9.17) is 16.7 Å². The molecule has 7 heteroatoms. The monoisotopic (exact) mass is 351 g/mol. The van der Waals surface area contributed by atoms with Gasteiger partial charge in [0.25, 0.3) is 10.0 Å². The second-order valence-corrected chi connectivity index (χ2v) is 7.58. The lowest BCUT2D eigenvalue weighted by molar-refractivity contribution is 0.0697. The van der Waals surface area contributed by atoms with Gasteiger partial charge in [0.15, 0.2) is 0 Å². The van der Waals surface area contributed by atoms with Crippen molar-refractivity contribution in [3.63, 3.8) is 0 Å². The Bertz CT molecular complexity index is 908. The highest BCUT2D eigenvalue weighted by Crippen LogP contribution is 2.35. The topological polar surface area (TPSA) is 74.7 Å². The molecule has 1 N–H and O–H groups in total. The standard InChI is InChI=1S/C16H14ClNO4S/c1-10-13(17)3-2-4-15(10)23(21,22)18-8-7-11-9-12(16(19)20)5-6-14(11)18/h2-6,9H,7-8H2,1H3,(H,19,20). The largest absolute Gasteiger partial charge is 0.478 e. The lowest BCUT2D eigenvalue weighted by Crippen LogP contribution is -2.29. The first-order chi connectivity index (χ1) is 10.8. The zero-order valence-corrected chi connectivity index (χ0v) is 13.9. The number of carboxylic acids is 1. The summed E-state index contributed by atoms with van der Waals surface area (Å²) < 4.78 is 27.2. The third kappa shape index (κ3) is 2.58. The van der Waals surface area contributed by atoms with E-state index in [-0.39, 0.29) is 17.0 Å². The van der Waals surface area contributed by atoms with E-state index in [9.17, 15) is 13.2 Å². The third-order valence-corrected chi connectivity index (χ3v) is 6.33. The number of benzene rings is 2. The second-order valence-electron chi connectivity index (χ2n) is 5.34. The normalized spacial score (nSPS) is 13.9. The number of carboxylic acid groups (broad SMARTS) is 1. The lowest BCUT2D eigenvalue weighted by atomic mass is 10.1. The van der Waals surface area contributed by atoms with Gasteiger partial charge in [0.2, 0.25) is 0 Å². The van der Waals surface area contributed by atoms with Crippen LogP contribution in [0, 0.1) is 6.92 Å². The van der Waals surface area contributed by atoms with Crippen LogP contribution in [0.25, 0.3) is 0 Å². The minimum absolute atomic E-state index is 0.155. The number of anilines is 1. The third-order valence-electron chi connectivity index (χ3n) is 3.97. The zero-order chi connectivity index (χ0) is 16.8. The molecule has 0 aromatic heterocycles. The van der Waals surface area contributed by atoms with E-state index in [1.54, 1.807) is 25.1 Å². The van der Waals surface area contributed by atoms with Crippen LogP contribution >= 0.6 is 11.6 Å². The van der Waals surface area contributed by atoms with E-state index in [1.807, 2.05) is 0 Å². The number of rotatable bonds is 3. The molecular formula is C16H14ClNO4S. The molecule has 2 aromatic carbocycles. The molecule has 0 unspecified atom stereocenters. The van der Waals surface area contributed by atoms with Crippen molar-refractivity contribution < 1.29 is 18.3 Å². The number of sulfonamides is 1. The number of nitrogens with zero attached hydrogens (tertiary/aromatic N) is 1. The van der Waals surface area contributed by atoms with Crippen molar-refractivity contribution in [2.45, 2.75) is 18.2 Å². The summed E-state index contributed by atoms with van der Waals surface area (Å²) in [6.07, 6.45) is 0.481. The summed E-state index contributed by atoms with van der Waals surface area (Å²) in [5, 5.41) is 9.44. The number of aromatic carboxylic acids is 1. The molecule has 0 saturated heterocycles. The van der Waals surface area contributed by atoms with Crippen molar-refractivity contribution in [1.82, 2.24) is 0 Å². The van der Waals surface area contributed by atoms with E-state index in [1.165, 1.54) is 22.5 Å². The number of fused-ring (bicyclic) bond motifs is 1. The Labute approximate surface area is 139 Å². The van der Waals surface area contributed by atoms with Crippen LogP contribution in [0.1, 0.15) is 21.5 Å². The Hall–Kier alpha value is -2.05. The van der Waals surface area contributed by atoms with E-state index in [0.717, 1.165) is 0 Å². The Morgan fingerprint density at radius 1 is 1.26 bits per heavy atom. The van der Waals surface area contributed by atoms with Crippen LogP contribution in [0.4, 0.5) is 5.69 Å². The van der Waals surface area contributed by atoms with Gasteiger partial charge in [0.1, 0.15) is 0 Å². The van der Waals surface area contributed by atoms with Gasteiger partial charge < -0.3 is 5.11 Å². The second kappa shape index (κ2) is 5.54. The minimum atomic E-state index is -3.74. The summed E-state index contributed by atoms with van der Waals surface area (Å²) in [6, 6.07) is 9.26. The molecule has 1 aliphatic rings. The lowest BCUT2D eigenvalue weighted by Gasteiger charge is -2.21. The molecule has 0 aliphatic carbocycles. The first kappa shape index (κ1) is 15.8. The maximum Gasteiger partial charge on any atom is 0.335 e. The first-order valence-corrected chi connectivity index (χ1v) is 8.78. The van der Waals surface area contributed by atoms with Gasteiger partial charge in [0.05, 0.1) is 16.1 Å². The zero-order valence-electron chi connectivity index (χ0n) is 12.3. The van der Waals surface area contributed by atoms with Crippen molar-refractivity contribution in [1.29, 1.82) is 0 Å². The highest BCUT2D eigenvalue weighted by Gasteiger charge is 2.32. The van der Waals surface area contributed by atoms with Gasteiger partial charge >= 0.3 is 5.97 Å². The van der Waals surface area contributed by atoms with Gasteiger partial charge in [0, 0.05) is 11.6 Å². The fourth-order valence-electron chi connectivity index (χ4n) is 2.74. The molecule has 0 atom stereocenters. The molecule has 0 amide bonds. The summed E-state index contributed by atoms with van der Waals surface area (Å²) in [5.41, 5.74) is 1.90. The van der Waals surface area contributed by atoms with Crippen LogP contribution in [-0.4, -0.2) is 26.0 Å². The smallest absolute Gasteiger partial charge is 0.335 e. The van der Waals surface area contributed by atoms with Crippen LogP contribution in [0.3, 0.4) is 0 Å². The van der Waals surface area contributed by atoms with Gasteiger partial charge in [-0.25, -0.2) is 13.2 Å². The van der Waals surface area contributed by atoms with Crippen LogP contribution in [0.5, 0.6) is 0 Å².